The van der Waals surface area contributed by atoms with Gasteiger partial charge in [0, 0.05) is 25.2 Å². The zero-order chi connectivity index (χ0) is 17.9. The number of thiazole rings is 1. The number of amides is 1. The lowest BCUT2D eigenvalue weighted by molar-refractivity contribution is -0.134. The van der Waals surface area contributed by atoms with Gasteiger partial charge in [0.15, 0.2) is 5.13 Å². The molecule has 1 fully saturated rings. The van der Waals surface area contributed by atoms with E-state index in [0.29, 0.717) is 23.4 Å². The lowest BCUT2D eigenvalue weighted by atomic mass is 10.1. The molecular formula is C17H18F3N3OS. The molecule has 8 heteroatoms. The number of hydrogen-bond donors (Lipinski definition) is 1. The van der Waals surface area contributed by atoms with E-state index < -0.39 is 11.1 Å². The van der Waals surface area contributed by atoms with Crippen LogP contribution < -0.4 is 5.32 Å². The third-order valence-electron chi connectivity index (χ3n) is 4.07. The third kappa shape index (κ3) is 4.50. The second kappa shape index (κ2) is 7.43. The highest BCUT2D eigenvalue weighted by molar-refractivity contribution is 7.15. The van der Waals surface area contributed by atoms with Crippen LogP contribution in [0.15, 0.2) is 30.5 Å². The average molecular weight is 369 g/mol. The van der Waals surface area contributed by atoms with Crippen molar-refractivity contribution in [1.82, 2.24) is 9.88 Å². The quantitative estimate of drug-likeness (QED) is 0.869. The van der Waals surface area contributed by atoms with E-state index in [1.165, 1.54) is 6.42 Å². The Balaban J connectivity index is 1.57. The first kappa shape index (κ1) is 17.7. The summed E-state index contributed by atoms with van der Waals surface area (Å²) in [5.41, 5.74) is 1.51. The average Bonchev–Trinajstić information content (AvgIpc) is 3.10. The Labute approximate surface area is 147 Å². The summed E-state index contributed by atoms with van der Waals surface area (Å²) in [6, 6.07) is 7.14. The highest BCUT2D eigenvalue weighted by Crippen LogP contribution is 2.35. The number of carbonyl (C=O) groups is 1. The van der Waals surface area contributed by atoms with Gasteiger partial charge in [0.2, 0.25) is 0 Å². The molecule has 0 saturated carbocycles. The summed E-state index contributed by atoms with van der Waals surface area (Å²) in [6.45, 7) is 1.95. The maximum absolute atomic E-state index is 12.5. The van der Waals surface area contributed by atoms with Gasteiger partial charge in [0.1, 0.15) is 4.88 Å². The van der Waals surface area contributed by atoms with Gasteiger partial charge < -0.3 is 10.2 Å². The van der Waals surface area contributed by atoms with E-state index in [1.54, 1.807) is 12.1 Å². The molecule has 0 atom stereocenters. The zero-order valence-corrected chi connectivity index (χ0v) is 14.3. The van der Waals surface area contributed by atoms with E-state index in [0.717, 1.165) is 37.7 Å². The Morgan fingerprint density at radius 1 is 1.16 bits per heavy atom. The number of nitrogens with one attached hydrogen (secondary N) is 1. The number of carbonyl (C=O) groups excluding carboxylic acids is 1. The number of alkyl halides is 3. The molecule has 1 saturated heterocycles. The van der Waals surface area contributed by atoms with Crippen molar-refractivity contribution in [1.29, 1.82) is 0 Å². The van der Waals surface area contributed by atoms with Gasteiger partial charge in [-0.1, -0.05) is 23.5 Å². The van der Waals surface area contributed by atoms with Crippen LogP contribution in [0.25, 0.3) is 0 Å². The first-order valence-corrected chi connectivity index (χ1v) is 8.90. The Hall–Kier alpha value is -2.09. The maximum Gasteiger partial charge on any atom is 0.427 e. The molecule has 25 heavy (non-hydrogen) atoms. The van der Waals surface area contributed by atoms with Crippen LogP contribution in [0.5, 0.6) is 0 Å². The molecule has 0 spiro atoms. The Kier molecular flexibility index (Phi) is 5.27. The SMILES string of the molecule is O=C(c1ccc(CNc2ncc(C(F)(F)F)s2)cc1)N1CCCCC1. The highest BCUT2D eigenvalue weighted by atomic mass is 32.1. The van der Waals surface area contributed by atoms with Crippen molar-refractivity contribution < 1.29 is 18.0 Å². The number of aromatic nitrogens is 1. The molecule has 4 nitrogen and oxygen atoms in total. The lowest BCUT2D eigenvalue weighted by Crippen LogP contribution is -2.35. The number of rotatable bonds is 4. The number of halogens is 3. The summed E-state index contributed by atoms with van der Waals surface area (Å²) in [4.78, 5) is 17.3. The monoisotopic (exact) mass is 369 g/mol. The van der Waals surface area contributed by atoms with E-state index in [4.69, 9.17) is 0 Å². The van der Waals surface area contributed by atoms with Gasteiger partial charge in [0.25, 0.3) is 5.91 Å². The summed E-state index contributed by atoms with van der Waals surface area (Å²) in [7, 11) is 0. The van der Waals surface area contributed by atoms with Crippen LogP contribution >= 0.6 is 11.3 Å². The fraction of sp³-hybridized carbons (Fsp3) is 0.412. The van der Waals surface area contributed by atoms with Crippen LogP contribution in [-0.4, -0.2) is 28.9 Å². The van der Waals surface area contributed by atoms with Crippen LogP contribution in [-0.2, 0) is 12.7 Å². The second-order valence-corrected chi connectivity index (χ2v) is 6.96. The Morgan fingerprint density at radius 2 is 1.84 bits per heavy atom. The van der Waals surface area contributed by atoms with E-state index in [1.807, 2.05) is 17.0 Å². The summed E-state index contributed by atoms with van der Waals surface area (Å²) in [5, 5.41) is 3.10. The number of nitrogens with zero attached hydrogens (tertiary/aromatic N) is 2. The van der Waals surface area contributed by atoms with Gasteiger partial charge >= 0.3 is 6.18 Å². The second-order valence-electron chi connectivity index (χ2n) is 5.93. The first-order chi connectivity index (χ1) is 11.9. The van der Waals surface area contributed by atoms with Crippen LogP contribution in [0.1, 0.15) is 40.1 Å². The van der Waals surface area contributed by atoms with Gasteiger partial charge in [-0.05, 0) is 37.0 Å². The normalized spacial score (nSPS) is 15.2. The molecule has 1 aromatic carbocycles. The van der Waals surface area contributed by atoms with Gasteiger partial charge in [-0.25, -0.2) is 4.98 Å². The number of benzene rings is 1. The maximum atomic E-state index is 12.5. The molecule has 0 bridgehead atoms. The fourth-order valence-corrected chi connectivity index (χ4v) is 3.39. The molecule has 2 heterocycles. The van der Waals surface area contributed by atoms with Crippen molar-refractivity contribution in [2.24, 2.45) is 0 Å². The molecule has 1 aromatic heterocycles. The molecule has 3 rings (SSSR count). The van der Waals surface area contributed by atoms with Crippen molar-refractivity contribution in [2.45, 2.75) is 32.0 Å². The Morgan fingerprint density at radius 3 is 2.44 bits per heavy atom. The minimum atomic E-state index is -4.37. The van der Waals surface area contributed by atoms with Crippen LogP contribution in [0.3, 0.4) is 0 Å². The van der Waals surface area contributed by atoms with E-state index in [-0.39, 0.29) is 11.0 Å². The molecule has 0 unspecified atom stereocenters. The van der Waals surface area contributed by atoms with Gasteiger partial charge in [-0.15, -0.1) is 0 Å². The van der Waals surface area contributed by atoms with Crippen LogP contribution in [0.2, 0.25) is 0 Å². The van der Waals surface area contributed by atoms with E-state index in [2.05, 4.69) is 10.3 Å². The predicted octanol–water partition coefficient (Wildman–Crippen LogP) is 4.40. The molecule has 1 aliphatic rings. The number of anilines is 1. The van der Waals surface area contributed by atoms with Crippen molar-refractivity contribution >= 4 is 22.4 Å². The molecule has 2 aromatic rings. The van der Waals surface area contributed by atoms with Crippen molar-refractivity contribution in [3.63, 3.8) is 0 Å². The zero-order valence-electron chi connectivity index (χ0n) is 13.5. The molecule has 134 valence electrons. The smallest absolute Gasteiger partial charge is 0.357 e. The standard InChI is InChI=1S/C17H18F3N3OS/c18-17(19,20)14-11-22-16(25-14)21-10-12-4-6-13(7-5-12)15(24)23-8-2-1-3-9-23/h4-7,11H,1-3,8-10H2,(H,21,22). The van der Waals surface area contributed by atoms with Crippen molar-refractivity contribution in [2.75, 3.05) is 18.4 Å². The Bertz CT molecular complexity index is 721. The summed E-state index contributed by atoms with van der Waals surface area (Å²) < 4.78 is 37.6. The summed E-state index contributed by atoms with van der Waals surface area (Å²) in [5.74, 6) is 0.0361. The molecule has 1 aliphatic heterocycles. The van der Waals surface area contributed by atoms with Gasteiger partial charge in [0.05, 0.1) is 6.20 Å². The largest absolute Gasteiger partial charge is 0.427 e. The highest BCUT2D eigenvalue weighted by Gasteiger charge is 2.33. The molecular weight excluding hydrogens is 351 g/mol. The molecule has 1 amide bonds. The number of hydrogen-bond acceptors (Lipinski definition) is 4. The van der Waals surface area contributed by atoms with E-state index >= 15 is 0 Å². The first-order valence-electron chi connectivity index (χ1n) is 8.08. The van der Waals surface area contributed by atoms with Gasteiger partial charge in [-0.3, -0.25) is 4.79 Å². The third-order valence-corrected chi connectivity index (χ3v) is 5.07. The van der Waals surface area contributed by atoms with Crippen molar-refractivity contribution in [3.8, 4) is 0 Å². The summed E-state index contributed by atoms with van der Waals surface area (Å²) in [6.07, 6.45) is -0.286. The molecule has 0 radical (unpaired) electrons. The summed E-state index contributed by atoms with van der Waals surface area (Å²) >= 11 is 0.578. The predicted molar refractivity (Wildman–Crippen MR) is 90.6 cm³/mol. The fourth-order valence-electron chi connectivity index (χ4n) is 2.71. The van der Waals surface area contributed by atoms with Gasteiger partial charge in [-0.2, -0.15) is 13.2 Å². The van der Waals surface area contributed by atoms with Crippen molar-refractivity contribution in [3.05, 3.63) is 46.5 Å². The molecule has 0 aliphatic carbocycles. The minimum absolute atomic E-state index is 0.0361. The lowest BCUT2D eigenvalue weighted by Gasteiger charge is -2.26. The molecule has 1 N–H and O–H groups in total. The number of likely N-dealkylation sites (tertiary alicyclic amines) is 1. The minimum Gasteiger partial charge on any atom is -0.357 e. The van der Waals surface area contributed by atoms with Crippen LogP contribution in [0.4, 0.5) is 18.3 Å². The topological polar surface area (TPSA) is 45.2 Å². The van der Waals surface area contributed by atoms with Crippen LogP contribution in [0, 0.1) is 0 Å². The van der Waals surface area contributed by atoms with E-state index in [9.17, 15) is 18.0 Å². The number of piperidine rings is 1.